The number of nitrogens with zero attached hydrogens (tertiary/aromatic N) is 5. The molecule has 29 heavy (non-hydrogen) atoms. The van der Waals surface area contributed by atoms with E-state index in [0.29, 0.717) is 12.0 Å². The van der Waals surface area contributed by atoms with Crippen molar-refractivity contribution in [2.45, 2.75) is 38.3 Å². The molecule has 4 rings (SSSR count). The van der Waals surface area contributed by atoms with Gasteiger partial charge in [0.05, 0.1) is 17.5 Å². The summed E-state index contributed by atoms with van der Waals surface area (Å²) in [7, 11) is 3.77. The molecular weight excluding hydrogens is 366 g/mol. The van der Waals surface area contributed by atoms with E-state index < -0.39 is 0 Å². The summed E-state index contributed by atoms with van der Waals surface area (Å²) in [5, 5.41) is 4.65. The van der Waals surface area contributed by atoms with E-state index >= 15 is 0 Å². The van der Waals surface area contributed by atoms with E-state index in [1.54, 1.807) is 19.5 Å². The Labute approximate surface area is 172 Å². The average molecular weight is 398 g/mol. The van der Waals surface area contributed by atoms with Crippen LogP contribution in [0.2, 0.25) is 0 Å². The van der Waals surface area contributed by atoms with Gasteiger partial charge in [-0.25, -0.2) is 0 Å². The zero-order valence-electron chi connectivity index (χ0n) is 17.5. The Morgan fingerprint density at radius 3 is 2.45 bits per heavy atom. The zero-order valence-corrected chi connectivity index (χ0v) is 17.5. The van der Waals surface area contributed by atoms with E-state index in [4.69, 9.17) is 4.74 Å². The second-order valence-corrected chi connectivity index (χ2v) is 8.19. The number of carbonyl (C=O) groups excluding carboxylic acids is 1. The maximum Gasteiger partial charge on any atom is 0.225 e. The molecule has 0 radical (unpaired) electrons. The van der Waals surface area contributed by atoms with Gasteiger partial charge in [0, 0.05) is 70.8 Å². The highest BCUT2D eigenvalue weighted by atomic mass is 16.5. The standard InChI is InChI=1S/C22H31N5O2/c1-25-19(15-21(24-25)17-7-9-23-10-8-17)16-26-11-13-27(14-12-26)22(28)18-3-5-20(29-2)6-4-18/h7-10,15,18,20H,3-6,11-14,16H2,1-2H3. The third-order valence-corrected chi connectivity index (χ3v) is 6.38. The Morgan fingerprint density at radius 2 is 1.79 bits per heavy atom. The van der Waals surface area contributed by atoms with Gasteiger partial charge in [-0.3, -0.25) is 19.4 Å². The highest BCUT2D eigenvalue weighted by Crippen LogP contribution is 2.28. The van der Waals surface area contributed by atoms with Crippen LogP contribution >= 0.6 is 0 Å². The van der Waals surface area contributed by atoms with E-state index in [2.05, 4.69) is 25.9 Å². The molecule has 2 fully saturated rings. The van der Waals surface area contributed by atoms with Crippen molar-refractivity contribution >= 4 is 5.91 Å². The molecule has 7 nitrogen and oxygen atoms in total. The summed E-state index contributed by atoms with van der Waals surface area (Å²) >= 11 is 0. The molecule has 0 bridgehead atoms. The highest BCUT2D eigenvalue weighted by molar-refractivity contribution is 5.79. The SMILES string of the molecule is COC1CCC(C(=O)N2CCN(Cc3cc(-c4ccncc4)nn3C)CC2)CC1. The van der Waals surface area contributed by atoms with Crippen LogP contribution in [-0.2, 0) is 23.1 Å². The molecule has 3 heterocycles. The van der Waals surface area contributed by atoms with Crippen LogP contribution in [0, 0.1) is 5.92 Å². The first-order valence-electron chi connectivity index (χ1n) is 10.6. The van der Waals surface area contributed by atoms with E-state index in [9.17, 15) is 4.79 Å². The van der Waals surface area contributed by atoms with Crippen LogP contribution < -0.4 is 0 Å². The summed E-state index contributed by atoms with van der Waals surface area (Å²) < 4.78 is 7.39. The number of amides is 1. The first-order chi connectivity index (χ1) is 14.1. The first-order valence-corrected chi connectivity index (χ1v) is 10.6. The number of carbonyl (C=O) groups is 1. The molecule has 2 aliphatic rings. The molecule has 0 N–H and O–H groups in total. The zero-order chi connectivity index (χ0) is 20.2. The molecule has 7 heteroatoms. The van der Waals surface area contributed by atoms with Crippen LogP contribution in [0.1, 0.15) is 31.4 Å². The molecule has 0 spiro atoms. The monoisotopic (exact) mass is 397 g/mol. The van der Waals surface area contributed by atoms with Crippen LogP contribution in [0.5, 0.6) is 0 Å². The number of pyridine rings is 1. The van der Waals surface area contributed by atoms with Gasteiger partial charge < -0.3 is 9.64 Å². The lowest BCUT2D eigenvalue weighted by Crippen LogP contribution is -2.50. The lowest BCUT2D eigenvalue weighted by molar-refractivity contribution is -0.139. The van der Waals surface area contributed by atoms with Gasteiger partial charge >= 0.3 is 0 Å². The minimum absolute atomic E-state index is 0.188. The fourth-order valence-electron chi connectivity index (χ4n) is 4.48. The molecule has 0 unspecified atom stereocenters. The van der Waals surface area contributed by atoms with Crippen molar-refractivity contribution in [3.63, 3.8) is 0 Å². The lowest BCUT2D eigenvalue weighted by atomic mass is 9.86. The molecule has 156 valence electrons. The molecule has 0 aromatic carbocycles. The molecule has 0 atom stereocenters. The predicted molar refractivity (Wildman–Crippen MR) is 111 cm³/mol. The predicted octanol–water partition coefficient (Wildman–Crippen LogP) is 2.33. The summed E-state index contributed by atoms with van der Waals surface area (Å²) in [5.74, 6) is 0.535. The normalized spacial score (nSPS) is 23.3. The molecule has 1 saturated carbocycles. The molecule has 2 aromatic rings. The summed E-state index contributed by atoms with van der Waals surface area (Å²) in [6.07, 6.45) is 7.87. The van der Waals surface area contributed by atoms with Crippen LogP contribution in [0.15, 0.2) is 30.6 Å². The number of aryl methyl sites for hydroxylation is 1. The summed E-state index contributed by atoms with van der Waals surface area (Å²) in [6.45, 7) is 4.32. The van der Waals surface area contributed by atoms with Crippen molar-refractivity contribution < 1.29 is 9.53 Å². The quantitative estimate of drug-likeness (QED) is 0.775. The number of methoxy groups -OCH3 is 1. The number of hydrogen-bond acceptors (Lipinski definition) is 5. The molecule has 1 amide bonds. The van der Waals surface area contributed by atoms with Crippen molar-refractivity contribution in [1.82, 2.24) is 24.6 Å². The second kappa shape index (κ2) is 9.05. The lowest BCUT2D eigenvalue weighted by Gasteiger charge is -2.37. The number of ether oxygens (including phenoxy) is 1. The van der Waals surface area contributed by atoms with E-state index in [1.807, 2.05) is 23.9 Å². The van der Waals surface area contributed by atoms with Crippen molar-refractivity contribution in [3.05, 3.63) is 36.3 Å². The Morgan fingerprint density at radius 1 is 1.10 bits per heavy atom. The molecule has 1 aliphatic carbocycles. The van der Waals surface area contributed by atoms with Crippen molar-refractivity contribution in [2.75, 3.05) is 33.3 Å². The van der Waals surface area contributed by atoms with Gasteiger partial charge in [0.15, 0.2) is 0 Å². The first kappa shape index (κ1) is 20.0. The van der Waals surface area contributed by atoms with E-state index in [1.165, 1.54) is 5.69 Å². The average Bonchev–Trinajstić information content (AvgIpc) is 3.14. The van der Waals surface area contributed by atoms with Crippen molar-refractivity contribution in [2.24, 2.45) is 13.0 Å². The molecule has 1 aliphatic heterocycles. The van der Waals surface area contributed by atoms with E-state index in [-0.39, 0.29) is 5.92 Å². The minimum Gasteiger partial charge on any atom is -0.381 e. The number of hydrogen-bond donors (Lipinski definition) is 0. The van der Waals surface area contributed by atoms with Gasteiger partial charge in [-0.1, -0.05) is 0 Å². The Balaban J connectivity index is 1.29. The fraction of sp³-hybridized carbons (Fsp3) is 0.591. The van der Waals surface area contributed by atoms with Gasteiger partial charge in [0.25, 0.3) is 0 Å². The third kappa shape index (κ3) is 4.67. The van der Waals surface area contributed by atoms with Crippen LogP contribution in [-0.4, -0.2) is 69.9 Å². The molecule has 2 aromatic heterocycles. The maximum absolute atomic E-state index is 12.9. The summed E-state index contributed by atoms with van der Waals surface area (Å²) in [6, 6.07) is 6.12. The van der Waals surface area contributed by atoms with Gasteiger partial charge in [-0.2, -0.15) is 5.10 Å². The fourth-order valence-corrected chi connectivity index (χ4v) is 4.48. The maximum atomic E-state index is 12.9. The Hall–Kier alpha value is -2.25. The summed E-state index contributed by atoms with van der Waals surface area (Å²) in [4.78, 5) is 21.4. The van der Waals surface area contributed by atoms with E-state index in [0.717, 1.165) is 69.7 Å². The molecular formula is C22H31N5O2. The van der Waals surface area contributed by atoms with Gasteiger partial charge in [0.1, 0.15) is 0 Å². The third-order valence-electron chi connectivity index (χ3n) is 6.38. The van der Waals surface area contributed by atoms with Crippen LogP contribution in [0.25, 0.3) is 11.3 Å². The molecule has 1 saturated heterocycles. The number of aromatic nitrogens is 3. The largest absolute Gasteiger partial charge is 0.381 e. The van der Waals surface area contributed by atoms with Crippen molar-refractivity contribution in [3.8, 4) is 11.3 Å². The van der Waals surface area contributed by atoms with Gasteiger partial charge in [-0.05, 0) is 43.9 Å². The van der Waals surface area contributed by atoms with Crippen LogP contribution in [0.3, 0.4) is 0 Å². The van der Waals surface area contributed by atoms with Crippen molar-refractivity contribution in [1.29, 1.82) is 0 Å². The minimum atomic E-state index is 0.188. The number of piperazine rings is 1. The van der Waals surface area contributed by atoms with Gasteiger partial charge in [0.2, 0.25) is 5.91 Å². The Bertz CT molecular complexity index is 806. The smallest absolute Gasteiger partial charge is 0.225 e. The van der Waals surface area contributed by atoms with Crippen LogP contribution in [0.4, 0.5) is 0 Å². The number of rotatable bonds is 5. The Kier molecular flexibility index (Phi) is 6.25. The topological polar surface area (TPSA) is 63.5 Å². The van der Waals surface area contributed by atoms with Gasteiger partial charge in [-0.15, -0.1) is 0 Å². The second-order valence-electron chi connectivity index (χ2n) is 8.19. The summed E-state index contributed by atoms with van der Waals surface area (Å²) in [5.41, 5.74) is 3.25. The highest BCUT2D eigenvalue weighted by Gasteiger charge is 2.31.